The second-order valence-electron chi connectivity index (χ2n) is 5.03. The zero-order chi connectivity index (χ0) is 8.79. The highest BCUT2D eigenvalue weighted by Gasteiger charge is 2.69. The van der Waals surface area contributed by atoms with Gasteiger partial charge in [-0.1, -0.05) is 0 Å². The van der Waals surface area contributed by atoms with Crippen LogP contribution in [0, 0.1) is 23.7 Å². The molecule has 13 heavy (non-hydrogen) atoms. The van der Waals surface area contributed by atoms with Gasteiger partial charge in [0, 0.05) is 0 Å². The van der Waals surface area contributed by atoms with Gasteiger partial charge in [0.05, 0.1) is 23.7 Å². The van der Waals surface area contributed by atoms with Crippen molar-refractivity contribution in [3.05, 3.63) is 0 Å². The van der Waals surface area contributed by atoms with Crippen LogP contribution in [0.25, 0.3) is 0 Å². The Morgan fingerprint density at radius 2 is 1.46 bits per heavy atom. The Morgan fingerprint density at radius 1 is 0.923 bits per heavy atom. The van der Waals surface area contributed by atoms with E-state index in [1.807, 2.05) is 0 Å². The number of sulfone groups is 1. The first-order chi connectivity index (χ1) is 6.16. The SMILES string of the molecule is O=S1(=O)CC2C(C1)C1CC2C2OC12. The molecule has 0 aromatic rings. The molecular weight excluding hydrogens is 188 g/mol. The highest BCUT2D eigenvalue weighted by atomic mass is 32.2. The standard InChI is InChI=1S/C9H12O3S/c10-13(11)2-6-4-1-5(7(6)3-13)9-8(4)12-9/h4-9H,1-3H2. The van der Waals surface area contributed by atoms with Crippen LogP contribution in [0.3, 0.4) is 0 Å². The maximum absolute atomic E-state index is 11.4. The van der Waals surface area contributed by atoms with Crippen LogP contribution in [0.4, 0.5) is 0 Å². The molecule has 0 amide bonds. The van der Waals surface area contributed by atoms with Crippen LogP contribution < -0.4 is 0 Å². The summed E-state index contributed by atoms with van der Waals surface area (Å²) in [5.41, 5.74) is 0. The van der Waals surface area contributed by atoms with Crippen molar-refractivity contribution < 1.29 is 13.2 Å². The summed E-state index contributed by atoms with van der Waals surface area (Å²) in [7, 11) is -2.69. The van der Waals surface area contributed by atoms with E-state index >= 15 is 0 Å². The molecule has 3 nitrogen and oxygen atoms in total. The zero-order valence-corrected chi connectivity index (χ0v) is 8.03. The minimum atomic E-state index is -2.69. The number of hydrogen-bond donors (Lipinski definition) is 0. The van der Waals surface area contributed by atoms with Crippen molar-refractivity contribution in [1.82, 2.24) is 0 Å². The first kappa shape index (κ1) is 7.23. The highest BCUT2D eigenvalue weighted by molar-refractivity contribution is 7.91. The van der Waals surface area contributed by atoms with Crippen LogP contribution in [-0.4, -0.2) is 32.1 Å². The van der Waals surface area contributed by atoms with Crippen molar-refractivity contribution in [2.24, 2.45) is 23.7 Å². The highest BCUT2D eigenvalue weighted by Crippen LogP contribution is 2.63. The molecule has 2 heterocycles. The lowest BCUT2D eigenvalue weighted by Crippen LogP contribution is -2.25. The number of hydrogen-bond acceptors (Lipinski definition) is 3. The van der Waals surface area contributed by atoms with Crippen LogP contribution >= 0.6 is 0 Å². The van der Waals surface area contributed by atoms with E-state index in [1.165, 1.54) is 6.42 Å². The van der Waals surface area contributed by atoms with Gasteiger partial charge >= 0.3 is 0 Å². The molecule has 4 rings (SSSR count). The molecule has 4 heteroatoms. The normalized spacial score (nSPS) is 64.9. The van der Waals surface area contributed by atoms with Gasteiger partial charge in [-0.15, -0.1) is 0 Å². The molecule has 6 atom stereocenters. The molecule has 0 radical (unpaired) electrons. The monoisotopic (exact) mass is 200 g/mol. The van der Waals surface area contributed by atoms with Crippen molar-refractivity contribution in [3.8, 4) is 0 Å². The summed E-state index contributed by atoms with van der Waals surface area (Å²) < 4.78 is 28.4. The second-order valence-corrected chi connectivity index (χ2v) is 7.19. The first-order valence-corrected chi connectivity index (χ1v) is 6.84. The van der Waals surface area contributed by atoms with Gasteiger partial charge in [-0.25, -0.2) is 8.42 Å². The van der Waals surface area contributed by atoms with Gasteiger partial charge in [0.2, 0.25) is 0 Å². The van der Waals surface area contributed by atoms with Gasteiger partial charge in [-0.2, -0.15) is 0 Å². The molecule has 4 fully saturated rings. The van der Waals surface area contributed by atoms with Crippen molar-refractivity contribution >= 4 is 9.84 Å². The van der Waals surface area contributed by atoms with E-state index < -0.39 is 9.84 Å². The third kappa shape index (κ3) is 0.734. The Kier molecular flexibility index (Phi) is 1.01. The molecule has 2 bridgehead atoms. The summed E-state index contributed by atoms with van der Waals surface area (Å²) in [6, 6.07) is 0. The predicted molar refractivity (Wildman–Crippen MR) is 45.9 cm³/mol. The van der Waals surface area contributed by atoms with Gasteiger partial charge in [0.1, 0.15) is 0 Å². The fraction of sp³-hybridized carbons (Fsp3) is 1.00. The molecule has 0 spiro atoms. The fourth-order valence-electron chi connectivity index (χ4n) is 4.03. The summed E-state index contributed by atoms with van der Waals surface area (Å²) in [6.45, 7) is 0. The van der Waals surface area contributed by atoms with E-state index in [0.717, 1.165) is 0 Å². The lowest BCUT2D eigenvalue weighted by molar-refractivity contribution is 0.252. The molecule has 2 saturated heterocycles. The molecular formula is C9H12O3S. The Balaban J connectivity index is 1.78. The smallest absolute Gasteiger partial charge is 0.150 e. The maximum Gasteiger partial charge on any atom is 0.150 e. The Labute approximate surface area is 77.4 Å². The minimum Gasteiger partial charge on any atom is -0.369 e. The average molecular weight is 200 g/mol. The van der Waals surface area contributed by atoms with Crippen molar-refractivity contribution in [2.75, 3.05) is 11.5 Å². The van der Waals surface area contributed by atoms with Gasteiger partial charge in [-0.05, 0) is 30.1 Å². The number of fused-ring (bicyclic) bond motifs is 8. The molecule has 6 unspecified atom stereocenters. The summed E-state index contributed by atoms with van der Waals surface area (Å²) in [4.78, 5) is 0. The largest absolute Gasteiger partial charge is 0.369 e. The Bertz CT molecular complexity index is 346. The van der Waals surface area contributed by atoms with E-state index in [4.69, 9.17) is 4.74 Å². The number of rotatable bonds is 0. The van der Waals surface area contributed by atoms with Gasteiger partial charge in [0.25, 0.3) is 0 Å². The average Bonchev–Trinajstić information content (AvgIpc) is 2.52. The van der Waals surface area contributed by atoms with E-state index in [2.05, 4.69) is 0 Å². The van der Waals surface area contributed by atoms with E-state index in [-0.39, 0.29) is 0 Å². The third-order valence-corrected chi connectivity index (χ3v) is 6.28. The Hall–Kier alpha value is -0.0900. The van der Waals surface area contributed by atoms with Crippen molar-refractivity contribution in [2.45, 2.75) is 18.6 Å². The van der Waals surface area contributed by atoms with Crippen LogP contribution in [0.1, 0.15) is 6.42 Å². The molecule has 2 saturated carbocycles. The van der Waals surface area contributed by atoms with Gasteiger partial charge in [-0.3, -0.25) is 0 Å². The lowest BCUT2D eigenvalue weighted by Gasteiger charge is -2.18. The van der Waals surface area contributed by atoms with Crippen molar-refractivity contribution in [1.29, 1.82) is 0 Å². The van der Waals surface area contributed by atoms with E-state index in [0.29, 0.717) is 47.4 Å². The first-order valence-electron chi connectivity index (χ1n) is 5.02. The summed E-state index contributed by atoms with van der Waals surface area (Å²) in [5.74, 6) is 3.00. The summed E-state index contributed by atoms with van der Waals surface area (Å²) in [5, 5.41) is 0. The van der Waals surface area contributed by atoms with Crippen molar-refractivity contribution in [3.63, 3.8) is 0 Å². The molecule has 72 valence electrons. The van der Waals surface area contributed by atoms with Gasteiger partial charge < -0.3 is 4.74 Å². The van der Waals surface area contributed by atoms with Gasteiger partial charge in [0.15, 0.2) is 9.84 Å². The minimum absolute atomic E-state index is 0.450. The molecule has 2 aliphatic heterocycles. The Morgan fingerprint density at radius 3 is 2.00 bits per heavy atom. The number of ether oxygens (including phenoxy) is 1. The molecule has 4 aliphatic rings. The molecule has 2 aliphatic carbocycles. The van der Waals surface area contributed by atoms with Crippen LogP contribution in [0.5, 0.6) is 0 Å². The fourth-order valence-corrected chi connectivity index (χ4v) is 6.33. The van der Waals surface area contributed by atoms with E-state index in [1.54, 1.807) is 0 Å². The molecule has 0 aromatic carbocycles. The quantitative estimate of drug-likeness (QED) is 0.520. The number of epoxide rings is 1. The predicted octanol–water partition coefficient (Wildman–Crippen LogP) is 0.0643. The second kappa shape index (κ2) is 1.82. The molecule has 0 aromatic heterocycles. The summed E-state index contributed by atoms with van der Waals surface area (Å²) in [6.07, 6.45) is 2.17. The zero-order valence-electron chi connectivity index (χ0n) is 7.22. The topological polar surface area (TPSA) is 46.7 Å². The summed E-state index contributed by atoms with van der Waals surface area (Å²) >= 11 is 0. The van der Waals surface area contributed by atoms with Crippen LogP contribution in [-0.2, 0) is 14.6 Å². The van der Waals surface area contributed by atoms with E-state index in [9.17, 15) is 8.42 Å². The third-order valence-electron chi connectivity index (χ3n) is 4.49. The molecule has 0 N–H and O–H groups in total. The lowest BCUT2D eigenvalue weighted by atomic mass is 9.82. The maximum atomic E-state index is 11.4. The van der Waals surface area contributed by atoms with Crippen LogP contribution in [0.2, 0.25) is 0 Å². The van der Waals surface area contributed by atoms with Crippen LogP contribution in [0.15, 0.2) is 0 Å².